The van der Waals surface area contributed by atoms with Crippen molar-refractivity contribution in [1.29, 1.82) is 0 Å². The number of alkyl halides is 51. The molecular formula is C27CrF51O6. The van der Waals surface area contributed by atoms with Crippen LogP contribution >= 0.6 is 0 Å². The fourth-order valence-corrected chi connectivity index (χ4v) is 3.88. The zero-order valence-electron chi connectivity index (χ0n) is 35.6. The SMILES string of the molecule is O=C([O-])C(F)(F)C(F)(F)C(F)(F)C(F)(F)C(F)(F)C(F)(F)C(F)(F)C(F)(F)F.O=C([O-])C(F)(F)C(F)(F)C(F)(F)C(F)(F)C(F)(F)C(F)(F)C(F)(F)C(F)(F)F.O=C([O-])C(F)(F)C(F)(F)C(F)(F)C(F)(F)C(F)(F)C(F)(F)C(F)(F)C(F)(F)F.[Cr+3]. The van der Waals surface area contributed by atoms with Crippen molar-refractivity contribution in [2.24, 2.45) is 0 Å². The van der Waals surface area contributed by atoms with Gasteiger partial charge in [-0.2, -0.15) is 224 Å². The molecule has 0 saturated carbocycles. The van der Waals surface area contributed by atoms with Crippen molar-refractivity contribution < 1.29 is 271 Å². The number of halogens is 51. The van der Waals surface area contributed by atoms with Gasteiger partial charge in [0.2, 0.25) is 0 Å². The van der Waals surface area contributed by atoms with Gasteiger partial charge in [-0.1, -0.05) is 0 Å². The van der Waals surface area contributed by atoms with Crippen molar-refractivity contribution in [3.05, 3.63) is 0 Å². The summed E-state index contributed by atoms with van der Waals surface area (Å²) in [4.78, 5) is 29.0. The van der Waals surface area contributed by atoms with Crippen molar-refractivity contribution in [3.63, 3.8) is 0 Å². The van der Waals surface area contributed by atoms with Crippen LogP contribution in [0.4, 0.5) is 224 Å². The molecule has 0 N–H and O–H groups in total. The Hall–Kier alpha value is -4.63. The Morgan fingerprint density at radius 1 is 0.153 bits per heavy atom. The predicted octanol–water partition coefficient (Wildman–Crippen LogP) is 11.2. The minimum absolute atomic E-state index is 0. The van der Waals surface area contributed by atoms with Gasteiger partial charge in [0.1, 0.15) is 17.9 Å². The first-order valence-electron chi connectivity index (χ1n) is 16.9. The summed E-state index contributed by atoms with van der Waals surface area (Å²) in [5, 5.41) is 29.0. The van der Waals surface area contributed by atoms with E-state index in [-0.39, 0.29) is 17.4 Å². The number of carboxylic acids is 3. The molecule has 0 aliphatic rings. The van der Waals surface area contributed by atoms with E-state index in [0.29, 0.717) is 0 Å². The second kappa shape index (κ2) is 22.1. The van der Waals surface area contributed by atoms with Gasteiger partial charge >= 0.3 is 160 Å². The summed E-state index contributed by atoms with van der Waals surface area (Å²) in [5.74, 6) is -190. The zero-order valence-corrected chi connectivity index (χ0v) is 36.9. The van der Waals surface area contributed by atoms with E-state index in [9.17, 15) is 254 Å². The van der Waals surface area contributed by atoms with Crippen LogP contribution < -0.4 is 15.3 Å². The number of carbonyl (C=O) groups excluding carboxylic acids is 3. The molecule has 0 aromatic heterocycles. The molecule has 6 nitrogen and oxygen atoms in total. The Morgan fingerprint density at radius 2 is 0.224 bits per heavy atom. The van der Waals surface area contributed by atoms with E-state index in [1.165, 1.54) is 0 Å². The number of rotatable bonds is 21. The Kier molecular flexibility index (Phi) is 22.6. The van der Waals surface area contributed by atoms with Crippen LogP contribution in [0, 0.1) is 0 Å². The first-order chi connectivity index (χ1) is 35.1. The normalized spacial score (nSPS) is 16.1. The van der Waals surface area contributed by atoms with Crippen LogP contribution in [0.1, 0.15) is 0 Å². The summed E-state index contributed by atoms with van der Waals surface area (Å²) in [6.45, 7) is 0. The van der Waals surface area contributed by atoms with E-state index < -0.39 is 161 Å². The summed E-state index contributed by atoms with van der Waals surface area (Å²) >= 11 is 0. The van der Waals surface area contributed by atoms with Gasteiger partial charge in [0.25, 0.3) is 0 Å². The zero-order chi connectivity index (χ0) is 70.7. The average molecular weight is 1440 g/mol. The molecule has 0 atom stereocenters. The third-order valence-electron chi connectivity index (χ3n) is 8.94. The van der Waals surface area contributed by atoms with Crippen molar-refractivity contribution in [1.82, 2.24) is 0 Å². The van der Waals surface area contributed by atoms with Gasteiger partial charge in [-0.05, 0) is 0 Å². The number of hydrogen-bond donors (Lipinski definition) is 0. The number of carboxylic acid groups (broad SMARTS) is 3. The van der Waals surface area contributed by atoms with Gasteiger partial charge in [0.05, 0.1) is 0 Å². The molecule has 0 saturated heterocycles. The number of carbonyl (C=O) groups is 3. The van der Waals surface area contributed by atoms with Crippen molar-refractivity contribution in [2.75, 3.05) is 0 Å². The maximum absolute atomic E-state index is 13.0. The maximum Gasteiger partial charge on any atom is 3.00 e. The van der Waals surface area contributed by atoms with Gasteiger partial charge in [-0.3, -0.25) is 0 Å². The maximum atomic E-state index is 13.0. The van der Waals surface area contributed by atoms with Crippen LogP contribution in [-0.4, -0.2) is 161 Å². The third kappa shape index (κ3) is 11.6. The summed E-state index contributed by atoms with van der Waals surface area (Å²) in [6, 6.07) is 0. The van der Waals surface area contributed by atoms with E-state index >= 15 is 0 Å². The molecule has 0 spiro atoms. The van der Waals surface area contributed by atoms with Crippen LogP contribution in [0.2, 0.25) is 0 Å². The number of hydrogen-bond acceptors (Lipinski definition) is 6. The molecule has 1 radical (unpaired) electrons. The van der Waals surface area contributed by atoms with Gasteiger partial charge < -0.3 is 29.7 Å². The molecule has 0 aromatic rings. The van der Waals surface area contributed by atoms with E-state index in [1.807, 2.05) is 0 Å². The van der Waals surface area contributed by atoms with Crippen LogP contribution in [0.5, 0.6) is 0 Å². The molecular weight excluding hydrogens is 1440 g/mol. The molecule has 85 heavy (non-hydrogen) atoms. The van der Waals surface area contributed by atoms with Crippen molar-refractivity contribution in [3.8, 4) is 0 Å². The van der Waals surface area contributed by atoms with E-state index in [0.717, 1.165) is 0 Å². The van der Waals surface area contributed by atoms with Crippen LogP contribution in [0.25, 0.3) is 0 Å². The first-order valence-corrected chi connectivity index (χ1v) is 16.9. The van der Waals surface area contributed by atoms with Crippen molar-refractivity contribution >= 4 is 17.9 Å². The Labute approximate surface area is 432 Å². The summed E-state index contributed by atoms with van der Waals surface area (Å²) < 4.78 is 641. The molecule has 0 aliphatic carbocycles. The molecule has 507 valence electrons. The third-order valence-corrected chi connectivity index (χ3v) is 8.94. The fraction of sp³-hybridized carbons (Fsp3) is 0.889. The molecule has 0 aromatic carbocycles. The van der Waals surface area contributed by atoms with Gasteiger partial charge in [0, 0.05) is 0 Å². The Bertz CT molecular complexity index is 2110. The minimum atomic E-state index is -8.79. The fourth-order valence-electron chi connectivity index (χ4n) is 3.88. The van der Waals surface area contributed by atoms with Crippen LogP contribution in [0.15, 0.2) is 0 Å². The largest absolute Gasteiger partial charge is 3.00 e. The molecule has 0 rings (SSSR count). The molecule has 0 amide bonds. The molecule has 0 bridgehead atoms. The second-order valence-electron chi connectivity index (χ2n) is 14.4. The smallest absolute Gasteiger partial charge is 0.544 e. The minimum Gasteiger partial charge on any atom is -0.544 e. The van der Waals surface area contributed by atoms with Gasteiger partial charge in [0.15, 0.2) is 0 Å². The Balaban J connectivity index is -0.000000576. The van der Waals surface area contributed by atoms with E-state index in [4.69, 9.17) is 0 Å². The Morgan fingerprint density at radius 3 is 0.294 bits per heavy atom. The molecule has 0 aliphatic heterocycles. The summed E-state index contributed by atoms with van der Waals surface area (Å²) in [6.07, 6.45) is -23.5. The monoisotopic (exact) mass is 1440 g/mol. The van der Waals surface area contributed by atoms with Gasteiger partial charge in [-0.25, -0.2) is 0 Å². The molecule has 0 unspecified atom stereocenters. The molecule has 0 fully saturated rings. The topological polar surface area (TPSA) is 120 Å². The van der Waals surface area contributed by atoms with E-state index in [2.05, 4.69) is 0 Å². The second-order valence-corrected chi connectivity index (χ2v) is 14.4. The summed E-state index contributed by atoms with van der Waals surface area (Å²) in [7, 11) is 0. The first kappa shape index (κ1) is 86.8. The standard InChI is InChI=1S/3C9HF17O2.Cr/c3*10-2(11,1(27)28)3(12,13)4(14,15)5(16,17)6(18,19)7(20,21)8(22,23)9(24,25)26;/h3*(H,27,28);/q;;;+3/p-3. The van der Waals surface area contributed by atoms with Crippen molar-refractivity contribution in [2.45, 2.75) is 143 Å². The summed E-state index contributed by atoms with van der Waals surface area (Å²) in [5.41, 5.74) is 0. The number of aliphatic carboxylic acids is 3. The van der Waals surface area contributed by atoms with Gasteiger partial charge in [-0.15, -0.1) is 0 Å². The van der Waals surface area contributed by atoms with Crippen LogP contribution in [-0.2, 0) is 31.7 Å². The van der Waals surface area contributed by atoms with E-state index in [1.54, 1.807) is 0 Å². The molecule has 0 heterocycles. The van der Waals surface area contributed by atoms with Crippen LogP contribution in [0.3, 0.4) is 0 Å². The molecule has 58 heteroatoms. The average Bonchev–Trinajstić information content (AvgIpc) is 3.24. The predicted molar refractivity (Wildman–Crippen MR) is 137 cm³/mol. The quantitative estimate of drug-likeness (QED) is 0.106.